The van der Waals surface area contributed by atoms with Crippen molar-refractivity contribution in [2.45, 2.75) is 23.8 Å². The summed E-state index contributed by atoms with van der Waals surface area (Å²) in [6.07, 6.45) is 4.15. The minimum Gasteiger partial charge on any atom is -0.324 e. The Bertz CT molecular complexity index is 802. The quantitative estimate of drug-likeness (QED) is 0.910. The number of urea groups is 1. The van der Waals surface area contributed by atoms with Crippen LogP contribution in [0.5, 0.6) is 0 Å². The van der Waals surface area contributed by atoms with E-state index in [4.69, 9.17) is 0 Å². The Kier molecular flexibility index (Phi) is 5.33. The molecule has 1 aliphatic heterocycles. The number of piperidine rings is 1. The van der Waals surface area contributed by atoms with E-state index in [1.165, 1.54) is 0 Å². The van der Waals surface area contributed by atoms with Crippen molar-refractivity contribution in [2.24, 2.45) is 0 Å². The Hall–Kier alpha value is -2.41. The molecule has 1 N–H and O–H groups in total. The third-order valence-corrected chi connectivity index (χ3v) is 6.58. The molecule has 1 aliphatic rings. The molecule has 25 heavy (non-hydrogen) atoms. The van der Waals surface area contributed by atoms with Crippen LogP contribution in [0.4, 0.5) is 10.5 Å². The van der Waals surface area contributed by atoms with E-state index in [-0.39, 0.29) is 11.8 Å². The van der Waals surface area contributed by atoms with Gasteiger partial charge in [0.05, 0.1) is 22.9 Å². The summed E-state index contributed by atoms with van der Waals surface area (Å²) in [5.74, 6) is 0.0559. The van der Waals surface area contributed by atoms with Gasteiger partial charge in [0.15, 0.2) is 9.84 Å². The number of nitrogens with one attached hydrogen (secondary N) is 1. The molecule has 0 aliphatic carbocycles. The molecule has 0 bridgehead atoms. The topological polar surface area (TPSA) is 79.4 Å². The summed E-state index contributed by atoms with van der Waals surface area (Å²) in [5.41, 5.74) is 1.44. The monoisotopic (exact) mass is 359 g/mol. The van der Waals surface area contributed by atoms with Crippen LogP contribution in [-0.2, 0) is 15.6 Å². The lowest BCUT2D eigenvalue weighted by atomic mass is 10.1. The van der Waals surface area contributed by atoms with Crippen LogP contribution >= 0.6 is 0 Å². The zero-order chi connectivity index (χ0) is 17.7. The van der Waals surface area contributed by atoms with Gasteiger partial charge in [-0.2, -0.15) is 0 Å². The van der Waals surface area contributed by atoms with Crippen molar-refractivity contribution in [1.29, 1.82) is 0 Å². The third-order valence-electron chi connectivity index (χ3n) is 4.36. The number of hydrogen-bond donors (Lipinski definition) is 1. The minimum absolute atomic E-state index is 0.0559. The maximum atomic E-state index is 12.6. The second-order valence-electron chi connectivity index (χ2n) is 6.15. The molecule has 0 spiro atoms. The van der Waals surface area contributed by atoms with Gasteiger partial charge in [-0.3, -0.25) is 4.98 Å². The van der Waals surface area contributed by atoms with Gasteiger partial charge in [0.25, 0.3) is 0 Å². The summed E-state index contributed by atoms with van der Waals surface area (Å²) >= 11 is 0. The molecule has 1 saturated heterocycles. The Morgan fingerprint density at radius 1 is 1.12 bits per heavy atom. The van der Waals surface area contributed by atoms with E-state index in [1.807, 2.05) is 30.3 Å². The number of pyridine rings is 1. The van der Waals surface area contributed by atoms with Crippen LogP contribution < -0.4 is 5.32 Å². The number of anilines is 1. The first-order valence-electron chi connectivity index (χ1n) is 8.26. The van der Waals surface area contributed by atoms with Gasteiger partial charge in [0.2, 0.25) is 0 Å². The first kappa shape index (κ1) is 17.4. The highest BCUT2D eigenvalue weighted by molar-refractivity contribution is 7.91. The maximum Gasteiger partial charge on any atom is 0.321 e. The van der Waals surface area contributed by atoms with Crippen molar-refractivity contribution >= 4 is 21.6 Å². The highest BCUT2D eigenvalue weighted by Crippen LogP contribution is 2.22. The Balaban J connectivity index is 1.55. The molecule has 1 aromatic heterocycles. The van der Waals surface area contributed by atoms with Crippen molar-refractivity contribution in [3.8, 4) is 0 Å². The van der Waals surface area contributed by atoms with E-state index < -0.39 is 15.1 Å². The molecule has 1 fully saturated rings. The summed E-state index contributed by atoms with van der Waals surface area (Å²) in [6.45, 7) is 0.871. The molecule has 2 heterocycles. The standard InChI is InChI=1S/C18H21N3O3S/c22-18(20-16-7-4-10-19-13-16)21-11-8-17(9-12-21)25(23,24)14-15-5-2-1-3-6-15/h1-7,10,13,17H,8-9,11-12,14H2,(H,20,22). The Morgan fingerprint density at radius 2 is 1.84 bits per heavy atom. The average Bonchev–Trinajstić information content (AvgIpc) is 2.63. The number of likely N-dealkylation sites (tertiary alicyclic amines) is 1. The lowest BCUT2D eigenvalue weighted by molar-refractivity contribution is 0.200. The van der Waals surface area contributed by atoms with Crippen molar-refractivity contribution in [3.63, 3.8) is 0 Å². The van der Waals surface area contributed by atoms with Crippen LogP contribution in [0, 0.1) is 0 Å². The fraction of sp³-hybridized carbons (Fsp3) is 0.333. The first-order valence-corrected chi connectivity index (χ1v) is 9.97. The van der Waals surface area contributed by atoms with Crippen LogP contribution in [-0.4, -0.2) is 42.7 Å². The second kappa shape index (κ2) is 7.65. The highest BCUT2D eigenvalue weighted by Gasteiger charge is 2.31. The summed E-state index contributed by atoms with van der Waals surface area (Å²) in [4.78, 5) is 17.9. The molecule has 7 heteroatoms. The lowest BCUT2D eigenvalue weighted by Crippen LogP contribution is -2.44. The van der Waals surface area contributed by atoms with Crippen molar-refractivity contribution < 1.29 is 13.2 Å². The van der Waals surface area contributed by atoms with Gasteiger partial charge in [0.1, 0.15) is 0 Å². The van der Waals surface area contributed by atoms with E-state index in [9.17, 15) is 13.2 Å². The largest absolute Gasteiger partial charge is 0.324 e. The van der Waals surface area contributed by atoms with Crippen molar-refractivity contribution in [1.82, 2.24) is 9.88 Å². The third kappa shape index (κ3) is 4.57. The molecule has 0 unspecified atom stereocenters. The second-order valence-corrected chi connectivity index (χ2v) is 8.43. The summed E-state index contributed by atoms with van der Waals surface area (Å²) in [7, 11) is -3.21. The fourth-order valence-corrected chi connectivity index (χ4v) is 4.80. The molecule has 6 nitrogen and oxygen atoms in total. The molecule has 1 aromatic carbocycles. The predicted octanol–water partition coefficient (Wildman–Crippen LogP) is 2.69. The van der Waals surface area contributed by atoms with E-state index in [0.717, 1.165) is 5.56 Å². The zero-order valence-electron chi connectivity index (χ0n) is 13.8. The van der Waals surface area contributed by atoms with Crippen molar-refractivity contribution in [2.75, 3.05) is 18.4 Å². The van der Waals surface area contributed by atoms with Crippen LogP contribution in [0.1, 0.15) is 18.4 Å². The molecule has 3 rings (SSSR count). The van der Waals surface area contributed by atoms with Gasteiger partial charge >= 0.3 is 6.03 Å². The maximum absolute atomic E-state index is 12.6. The van der Waals surface area contributed by atoms with Crippen LogP contribution in [0.15, 0.2) is 54.9 Å². The highest BCUT2D eigenvalue weighted by atomic mass is 32.2. The summed E-state index contributed by atoms with van der Waals surface area (Å²) in [6, 6.07) is 12.5. The van der Waals surface area contributed by atoms with E-state index in [2.05, 4.69) is 10.3 Å². The van der Waals surface area contributed by atoms with Crippen molar-refractivity contribution in [3.05, 3.63) is 60.4 Å². The van der Waals surface area contributed by atoms with Gasteiger partial charge in [-0.15, -0.1) is 0 Å². The zero-order valence-corrected chi connectivity index (χ0v) is 14.7. The molecule has 0 atom stereocenters. The first-order chi connectivity index (χ1) is 12.0. The smallest absolute Gasteiger partial charge is 0.321 e. The number of carbonyl (C=O) groups is 1. The number of aromatic nitrogens is 1. The van der Waals surface area contributed by atoms with Gasteiger partial charge in [-0.05, 0) is 30.5 Å². The molecule has 2 aromatic rings. The Labute approximate surface area is 147 Å². The van der Waals surface area contributed by atoms with Gasteiger partial charge in [-0.25, -0.2) is 13.2 Å². The molecule has 0 radical (unpaired) electrons. The molecular weight excluding hydrogens is 338 g/mol. The fourth-order valence-electron chi connectivity index (χ4n) is 2.98. The number of rotatable bonds is 4. The molecule has 2 amide bonds. The molecule has 132 valence electrons. The summed E-state index contributed by atoms with van der Waals surface area (Å²) < 4.78 is 25.2. The number of nitrogens with zero attached hydrogens (tertiary/aromatic N) is 2. The average molecular weight is 359 g/mol. The van der Waals surface area contributed by atoms with Gasteiger partial charge < -0.3 is 10.2 Å². The molecule has 0 saturated carbocycles. The van der Waals surface area contributed by atoms with Crippen LogP contribution in [0.3, 0.4) is 0 Å². The van der Waals surface area contributed by atoms with E-state index in [0.29, 0.717) is 31.6 Å². The number of carbonyl (C=O) groups excluding carboxylic acids is 1. The number of sulfone groups is 1. The number of hydrogen-bond acceptors (Lipinski definition) is 4. The van der Waals surface area contributed by atoms with Crippen LogP contribution in [0.2, 0.25) is 0 Å². The van der Waals surface area contributed by atoms with Gasteiger partial charge in [0, 0.05) is 19.3 Å². The van der Waals surface area contributed by atoms with E-state index in [1.54, 1.807) is 29.4 Å². The predicted molar refractivity (Wildman–Crippen MR) is 96.9 cm³/mol. The summed E-state index contributed by atoms with van der Waals surface area (Å²) in [5, 5.41) is 2.39. The Morgan fingerprint density at radius 3 is 2.48 bits per heavy atom. The normalized spacial score (nSPS) is 15.8. The van der Waals surface area contributed by atoms with Crippen LogP contribution in [0.25, 0.3) is 0 Å². The minimum atomic E-state index is -3.21. The lowest BCUT2D eigenvalue weighted by Gasteiger charge is -2.31. The number of amides is 2. The number of benzene rings is 1. The molecular formula is C18H21N3O3S. The SMILES string of the molecule is O=C(Nc1cccnc1)N1CCC(S(=O)(=O)Cc2ccccc2)CC1. The van der Waals surface area contributed by atoms with E-state index >= 15 is 0 Å². The van der Waals surface area contributed by atoms with Gasteiger partial charge in [-0.1, -0.05) is 30.3 Å².